The molecule has 1 heterocycles. The summed E-state index contributed by atoms with van der Waals surface area (Å²) in [7, 11) is 0. The van der Waals surface area contributed by atoms with E-state index in [1.165, 1.54) is 0 Å². The molecule has 0 bridgehead atoms. The second-order valence-corrected chi connectivity index (χ2v) is 6.46. The summed E-state index contributed by atoms with van der Waals surface area (Å²) in [5.41, 5.74) is 11.5. The van der Waals surface area contributed by atoms with Crippen molar-refractivity contribution in [3.8, 4) is 0 Å². The van der Waals surface area contributed by atoms with Gasteiger partial charge in [0.2, 0.25) is 11.8 Å². The third-order valence-electron chi connectivity index (χ3n) is 5.02. The summed E-state index contributed by atoms with van der Waals surface area (Å²) < 4.78 is 0. The van der Waals surface area contributed by atoms with Gasteiger partial charge in [0.15, 0.2) is 0 Å². The van der Waals surface area contributed by atoms with Crippen molar-refractivity contribution in [2.24, 2.45) is 23.3 Å². The number of nitrogens with zero attached hydrogens (tertiary/aromatic N) is 1. The van der Waals surface area contributed by atoms with Gasteiger partial charge in [-0.05, 0) is 39.0 Å². The molecule has 5 N–H and O–H groups in total. The molecule has 4 atom stereocenters. The van der Waals surface area contributed by atoms with Crippen LogP contribution in [0.2, 0.25) is 0 Å². The maximum atomic E-state index is 12.4. The van der Waals surface area contributed by atoms with Gasteiger partial charge in [-0.2, -0.15) is 0 Å². The minimum absolute atomic E-state index is 0.00680. The van der Waals surface area contributed by atoms with E-state index < -0.39 is 0 Å². The van der Waals surface area contributed by atoms with Crippen LogP contribution in [0.3, 0.4) is 0 Å². The molecule has 6 heteroatoms. The van der Waals surface area contributed by atoms with Gasteiger partial charge in [-0.3, -0.25) is 14.5 Å². The number of piperidine rings is 1. The summed E-state index contributed by atoms with van der Waals surface area (Å²) in [5, 5.41) is 2.97. The van der Waals surface area contributed by atoms with Crippen molar-refractivity contribution in [2.75, 3.05) is 6.67 Å². The van der Waals surface area contributed by atoms with Crippen LogP contribution in [0.25, 0.3) is 0 Å². The lowest BCUT2D eigenvalue weighted by Crippen LogP contribution is -2.55. The van der Waals surface area contributed by atoms with Crippen LogP contribution in [-0.4, -0.2) is 35.6 Å². The highest BCUT2D eigenvalue weighted by Gasteiger charge is 2.35. The van der Waals surface area contributed by atoms with E-state index in [9.17, 15) is 9.59 Å². The van der Waals surface area contributed by atoms with Crippen molar-refractivity contribution in [1.82, 2.24) is 10.2 Å². The van der Waals surface area contributed by atoms with Crippen molar-refractivity contribution in [3.63, 3.8) is 0 Å². The van der Waals surface area contributed by atoms with Crippen LogP contribution in [0, 0.1) is 11.8 Å². The van der Waals surface area contributed by atoms with Crippen LogP contribution < -0.4 is 16.8 Å². The molecule has 2 amide bonds. The average molecular weight is 296 g/mol. The third kappa shape index (κ3) is 3.95. The van der Waals surface area contributed by atoms with Crippen molar-refractivity contribution in [3.05, 3.63) is 0 Å². The number of rotatable bonds is 4. The lowest BCUT2D eigenvalue weighted by atomic mass is 9.78. The molecule has 0 aromatic rings. The zero-order valence-corrected chi connectivity index (χ0v) is 12.9. The first-order chi connectivity index (χ1) is 10.0. The number of hydrogen-bond donors (Lipinski definition) is 3. The number of hydrogen-bond acceptors (Lipinski definition) is 4. The van der Waals surface area contributed by atoms with E-state index in [2.05, 4.69) is 17.1 Å². The van der Waals surface area contributed by atoms with Crippen molar-refractivity contribution in [1.29, 1.82) is 0 Å². The molecule has 120 valence electrons. The van der Waals surface area contributed by atoms with Crippen LogP contribution >= 0.6 is 0 Å². The first-order valence-electron chi connectivity index (χ1n) is 8.09. The number of likely N-dealkylation sites (tertiary alicyclic amines) is 1. The van der Waals surface area contributed by atoms with Gasteiger partial charge >= 0.3 is 0 Å². The molecule has 0 radical (unpaired) electrons. The Balaban J connectivity index is 1.89. The molecule has 2 rings (SSSR count). The second kappa shape index (κ2) is 7.22. The molecule has 4 unspecified atom stereocenters. The molecular weight excluding hydrogens is 268 g/mol. The van der Waals surface area contributed by atoms with Gasteiger partial charge in [-0.15, -0.1) is 0 Å². The fourth-order valence-corrected chi connectivity index (χ4v) is 3.64. The summed E-state index contributed by atoms with van der Waals surface area (Å²) in [6, 6.07) is 0.382. The molecule has 0 aromatic carbocycles. The minimum atomic E-state index is -0.349. The maximum absolute atomic E-state index is 12.4. The van der Waals surface area contributed by atoms with E-state index in [1.54, 1.807) is 0 Å². The van der Waals surface area contributed by atoms with Gasteiger partial charge in [0, 0.05) is 17.9 Å². The standard InChI is InChI=1S/C15H28N4O2/c1-10-5-4-8-13(16)19(10)9-18-15(21)12-7-3-2-6-11(12)14(17)20/h10-13H,2-9,16H2,1H3,(H2,17,20)(H,18,21). The molecule has 1 saturated carbocycles. The van der Waals surface area contributed by atoms with Crippen LogP contribution in [0.4, 0.5) is 0 Å². The Morgan fingerprint density at radius 2 is 1.76 bits per heavy atom. The highest BCUT2D eigenvalue weighted by molar-refractivity contribution is 5.87. The van der Waals surface area contributed by atoms with Crippen LogP contribution in [0.1, 0.15) is 51.9 Å². The second-order valence-electron chi connectivity index (χ2n) is 6.46. The van der Waals surface area contributed by atoms with Crippen LogP contribution in [0.15, 0.2) is 0 Å². The maximum Gasteiger partial charge on any atom is 0.224 e. The first-order valence-corrected chi connectivity index (χ1v) is 8.09. The normalized spacial score (nSPS) is 34.4. The fraction of sp³-hybridized carbons (Fsp3) is 0.867. The van der Waals surface area contributed by atoms with Gasteiger partial charge in [-0.25, -0.2) is 0 Å². The minimum Gasteiger partial charge on any atom is -0.369 e. The van der Waals surface area contributed by atoms with E-state index in [0.717, 1.165) is 44.9 Å². The molecule has 2 aliphatic rings. The topological polar surface area (TPSA) is 101 Å². The predicted molar refractivity (Wildman–Crippen MR) is 80.8 cm³/mol. The summed E-state index contributed by atoms with van der Waals surface area (Å²) in [5.74, 6) is -0.986. The van der Waals surface area contributed by atoms with Crippen molar-refractivity contribution in [2.45, 2.75) is 64.1 Å². The lowest BCUT2D eigenvalue weighted by molar-refractivity contribution is -0.135. The molecule has 2 fully saturated rings. The van der Waals surface area contributed by atoms with Gasteiger partial charge < -0.3 is 16.8 Å². The first kappa shape index (κ1) is 16.2. The molecule has 0 aromatic heterocycles. The van der Waals surface area contributed by atoms with Crippen molar-refractivity contribution >= 4 is 11.8 Å². The molecular formula is C15H28N4O2. The van der Waals surface area contributed by atoms with Gasteiger partial charge in [0.1, 0.15) is 0 Å². The predicted octanol–water partition coefficient (Wildman–Crippen LogP) is 0.511. The number of carbonyl (C=O) groups is 2. The van der Waals surface area contributed by atoms with E-state index in [4.69, 9.17) is 11.5 Å². The van der Waals surface area contributed by atoms with Crippen LogP contribution in [-0.2, 0) is 9.59 Å². The Hall–Kier alpha value is -1.14. The molecule has 1 aliphatic carbocycles. The highest BCUT2D eigenvalue weighted by atomic mass is 16.2. The Morgan fingerprint density at radius 1 is 1.10 bits per heavy atom. The summed E-state index contributed by atoms with van der Waals surface area (Å²) in [6.07, 6.45) is 6.66. The summed E-state index contributed by atoms with van der Waals surface area (Å²) in [6.45, 7) is 2.60. The Morgan fingerprint density at radius 3 is 2.38 bits per heavy atom. The highest BCUT2D eigenvalue weighted by Crippen LogP contribution is 2.30. The van der Waals surface area contributed by atoms with E-state index in [1.807, 2.05) is 0 Å². The van der Waals surface area contributed by atoms with E-state index >= 15 is 0 Å². The third-order valence-corrected chi connectivity index (χ3v) is 5.02. The monoisotopic (exact) mass is 296 g/mol. The number of amides is 2. The van der Waals surface area contributed by atoms with E-state index in [-0.39, 0.29) is 29.8 Å². The number of carbonyl (C=O) groups excluding carboxylic acids is 2. The molecule has 0 spiro atoms. The van der Waals surface area contributed by atoms with Crippen LogP contribution in [0.5, 0.6) is 0 Å². The van der Waals surface area contributed by atoms with E-state index in [0.29, 0.717) is 12.7 Å². The smallest absolute Gasteiger partial charge is 0.224 e. The molecule has 1 saturated heterocycles. The Labute approximate surface area is 126 Å². The molecule has 21 heavy (non-hydrogen) atoms. The zero-order valence-electron chi connectivity index (χ0n) is 12.9. The summed E-state index contributed by atoms with van der Waals surface area (Å²) in [4.78, 5) is 26.0. The zero-order chi connectivity index (χ0) is 15.4. The lowest BCUT2D eigenvalue weighted by Gasteiger charge is -2.39. The average Bonchev–Trinajstić information content (AvgIpc) is 2.46. The fourth-order valence-electron chi connectivity index (χ4n) is 3.64. The van der Waals surface area contributed by atoms with Gasteiger partial charge in [0.05, 0.1) is 12.8 Å². The van der Waals surface area contributed by atoms with Gasteiger partial charge in [0.25, 0.3) is 0 Å². The molecule has 1 aliphatic heterocycles. The molecule has 6 nitrogen and oxygen atoms in total. The number of primary amides is 1. The SMILES string of the molecule is CC1CCCC(N)N1CNC(=O)C1CCCCC1C(N)=O. The largest absolute Gasteiger partial charge is 0.369 e. The number of nitrogens with one attached hydrogen (secondary N) is 1. The van der Waals surface area contributed by atoms with Crippen molar-refractivity contribution < 1.29 is 9.59 Å². The van der Waals surface area contributed by atoms with Gasteiger partial charge in [-0.1, -0.05) is 12.8 Å². The Kier molecular flexibility index (Phi) is 5.58. The quantitative estimate of drug-likeness (QED) is 0.703. The summed E-state index contributed by atoms with van der Waals surface area (Å²) >= 11 is 0. The Bertz CT molecular complexity index is 378. The number of nitrogens with two attached hydrogens (primary N) is 2.